The number of hydrogen-bond acceptors (Lipinski definition) is 3. The Morgan fingerprint density at radius 1 is 1.19 bits per heavy atom. The van der Waals surface area contributed by atoms with Gasteiger partial charge in [0.2, 0.25) is 0 Å². The smallest absolute Gasteiger partial charge is 0.328 e. The zero-order valence-corrected chi connectivity index (χ0v) is 11.7. The fourth-order valence-corrected chi connectivity index (χ4v) is 1.83. The molecule has 4 nitrogen and oxygen atoms in total. The number of carboxylic acids is 1. The highest BCUT2D eigenvalue weighted by molar-refractivity contribution is 5.86. The average Bonchev–Trinajstić information content (AvgIpc) is 2.52. The first kappa shape index (κ1) is 14.7. The Labute approximate surface area is 123 Å². The highest BCUT2D eigenvalue weighted by atomic mass is 16.5. The Morgan fingerprint density at radius 2 is 1.95 bits per heavy atom. The van der Waals surface area contributed by atoms with Crippen molar-refractivity contribution in [3.05, 3.63) is 65.7 Å². The van der Waals surface area contributed by atoms with E-state index >= 15 is 0 Å². The van der Waals surface area contributed by atoms with Crippen LogP contribution in [-0.2, 0) is 11.4 Å². The molecule has 0 bridgehead atoms. The summed E-state index contributed by atoms with van der Waals surface area (Å²) in [5.41, 5.74) is 1.72. The molecule has 0 aliphatic rings. The molecule has 1 N–H and O–H groups in total. The van der Waals surface area contributed by atoms with Crippen LogP contribution in [-0.4, -0.2) is 18.2 Å². The standard InChI is InChI=1S/C17H16O4/c1-20-16-9-8-15(11-14(16)7-10-17(18)19)21-12-13-5-3-2-4-6-13/h2-11H,12H2,1H3,(H,18,19)/b10-7+. The van der Waals surface area contributed by atoms with Gasteiger partial charge in [-0.2, -0.15) is 0 Å². The van der Waals surface area contributed by atoms with Crippen LogP contribution in [0.3, 0.4) is 0 Å². The van der Waals surface area contributed by atoms with Gasteiger partial charge in [-0.25, -0.2) is 4.79 Å². The van der Waals surface area contributed by atoms with E-state index in [-0.39, 0.29) is 0 Å². The molecule has 2 aromatic rings. The van der Waals surface area contributed by atoms with Crippen LogP contribution >= 0.6 is 0 Å². The minimum Gasteiger partial charge on any atom is -0.496 e. The Morgan fingerprint density at radius 3 is 2.62 bits per heavy atom. The second-order valence-electron chi connectivity index (χ2n) is 4.35. The van der Waals surface area contributed by atoms with Crippen LogP contribution in [0.15, 0.2) is 54.6 Å². The summed E-state index contributed by atoms with van der Waals surface area (Å²) in [6, 6.07) is 15.1. The molecule has 0 aliphatic heterocycles. The van der Waals surface area contributed by atoms with Crippen molar-refractivity contribution in [3.63, 3.8) is 0 Å². The van der Waals surface area contributed by atoms with E-state index < -0.39 is 5.97 Å². The molecule has 0 saturated carbocycles. The number of carboxylic acid groups (broad SMARTS) is 1. The lowest BCUT2D eigenvalue weighted by Crippen LogP contribution is -1.96. The van der Waals surface area contributed by atoms with Crippen LogP contribution in [0.2, 0.25) is 0 Å². The van der Waals surface area contributed by atoms with Crippen LogP contribution in [0.1, 0.15) is 11.1 Å². The first-order valence-electron chi connectivity index (χ1n) is 6.45. The van der Waals surface area contributed by atoms with E-state index in [0.29, 0.717) is 23.7 Å². The molecule has 0 unspecified atom stereocenters. The van der Waals surface area contributed by atoms with E-state index in [1.165, 1.54) is 13.2 Å². The number of carbonyl (C=O) groups is 1. The van der Waals surface area contributed by atoms with Crippen LogP contribution in [0, 0.1) is 0 Å². The molecule has 0 radical (unpaired) electrons. The third-order valence-electron chi connectivity index (χ3n) is 2.85. The third-order valence-corrected chi connectivity index (χ3v) is 2.85. The molecular weight excluding hydrogens is 268 g/mol. The lowest BCUT2D eigenvalue weighted by molar-refractivity contribution is -0.131. The number of benzene rings is 2. The molecule has 108 valence electrons. The van der Waals surface area contributed by atoms with E-state index in [9.17, 15) is 4.79 Å². The Hall–Kier alpha value is -2.75. The third kappa shape index (κ3) is 4.38. The van der Waals surface area contributed by atoms with Gasteiger partial charge in [-0.1, -0.05) is 30.3 Å². The molecular formula is C17H16O4. The molecule has 0 heterocycles. The molecule has 0 amide bonds. The van der Waals surface area contributed by atoms with Crippen molar-refractivity contribution in [2.24, 2.45) is 0 Å². The maximum Gasteiger partial charge on any atom is 0.328 e. The van der Waals surface area contributed by atoms with Crippen LogP contribution < -0.4 is 9.47 Å². The van der Waals surface area contributed by atoms with Crippen molar-refractivity contribution in [3.8, 4) is 11.5 Å². The summed E-state index contributed by atoms with van der Waals surface area (Å²) in [5, 5.41) is 8.70. The van der Waals surface area contributed by atoms with Gasteiger partial charge in [-0.3, -0.25) is 0 Å². The van der Waals surface area contributed by atoms with Crippen molar-refractivity contribution < 1.29 is 19.4 Å². The van der Waals surface area contributed by atoms with Crippen molar-refractivity contribution in [2.45, 2.75) is 6.61 Å². The second kappa shape index (κ2) is 7.14. The maximum atomic E-state index is 10.6. The quantitative estimate of drug-likeness (QED) is 0.826. The largest absolute Gasteiger partial charge is 0.496 e. The molecule has 4 heteroatoms. The number of hydrogen-bond donors (Lipinski definition) is 1. The van der Waals surface area contributed by atoms with Gasteiger partial charge in [0.25, 0.3) is 0 Å². The maximum absolute atomic E-state index is 10.6. The number of aliphatic carboxylic acids is 1. The summed E-state index contributed by atoms with van der Waals surface area (Å²) in [5.74, 6) is 0.247. The molecule has 0 fully saturated rings. The fraction of sp³-hybridized carbons (Fsp3) is 0.118. The normalized spacial score (nSPS) is 10.5. The van der Waals surface area contributed by atoms with Crippen molar-refractivity contribution in [1.29, 1.82) is 0 Å². The van der Waals surface area contributed by atoms with E-state index in [2.05, 4.69) is 0 Å². The molecule has 0 saturated heterocycles. The van der Waals surface area contributed by atoms with Gasteiger partial charge in [0.05, 0.1) is 7.11 Å². The summed E-state index contributed by atoms with van der Waals surface area (Å²) >= 11 is 0. The van der Waals surface area contributed by atoms with Gasteiger partial charge < -0.3 is 14.6 Å². The molecule has 21 heavy (non-hydrogen) atoms. The summed E-state index contributed by atoms with van der Waals surface area (Å²) in [6.07, 6.45) is 2.55. The van der Waals surface area contributed by atoms with Crippen molar-refractivity contribution >= 4 is 12.0 Å². The van der Waals surface area contributed by atoms with Crippen molar-refractivity contribution in [1.82, 2.24) is 0 Å². The highest BCUT2D eigenvalue weighted by Crippen LogP contribution is 2.25. The molecule has 2 rings (SSSR count). The van der Waals surface area contributed by atoms with Gasteiger partial charge in [0.1, 0.15) is 18.1 Å². The van der Waals surface area contributed by atoms with Gasteiger partial charge >= 0.3 is 5.97 Å². The number of ether oxygens (including phenoxy) is 2. The Kier molecular flexibility index (Phi) is 4.99. The topological polar surface area (TPSA) is 55.8 Å². The SMILES string of the molecule is COc1ccc(OCc2ccccc2)cc1/C=C/C(=O)O. The minimum atomic E-state index is -1.01. The van der Waals surface area contributed by atoms with Gasteiger partial charge in [0, 0.05) is 11.6 Å². The summed E-state index contributed by atoms with van der Waals surface area (Å²) < 4.78 is 10.9. The zero-order valence-electron chi connectivity index (χ0n) is 11.7. The highest BCUT2D eigenvalue weighted by Gasteiger charge is 2.04. The molecule has 0 spiro atoms. The lowest BCUT2D eigenvalue weighted by Gasteiger charge is -2.10. The number of rotatable bonds is 6. The number of methoxy groups -OCH3 is 1. The summed E-state index contributed by atoms with van der Waals surface area (Å²) in [6.45, 7) is 0.454. The monoisotopic (exact) mass is 284 g/mol. The minimum absolute atomic E-state index is 0.454. The summed E-state index contributed by atoms with van der Waals surface area (Å²) in [4.78, 5) is 10.6. The summed E-state index contributed by atoms with van der Waals surface area (Å²) in [7, 11) is 1.54. The van der Waals surface area contributed by atoms with Crippen molar-refractivity contribution in [2.75, 3.05) is 7.11 Å². The van der Waals surface area contributed by atoms with Crippen LogP contribution in [0.5, 0.6) is 11.5 Å². The Balaban J connectivity index is 2.13. The van der Waals surface area contributed by atoms with Crippen LogP contribution in [0.4, 0.5) is 0 Å². The fourth-order valence-electron chi connectivity index (χ4n) is 1.83. The second-order valence-corrected chi connectivity index (χ2v) is 4.35. The van der Waals surface area contributed by atoms with E-state index in [0.717, 1.165) is 11.6 Å². The predicted octanol–water partition coefficient (Wildman–Crippen LogP) is 3.37. The molecule has 2 aromatic carbocycles. The first-order valence-corrected chi connectivity index (χ1v) is 6.45. The molecule has 0 aliphatic carbocycles. The van der Waals surface area contributed by atoms with E-state index in [4.69, 9.17) is 14.6 Å². The zero-order chi connectivity index (χ0) is 15.1. The van der Waals surface area contributed by atoms with E-state index in [1.807, 2.05) is 30.3 Å². The lowest BCUT2D eigenvalue weighted by atomic mass is 10.1. The molecule has 0 aromatic heterocycles. The van der Waals surface area contributed by atoms with Gasteiger partial charge in [-0.15, -0.1) is 0 Å². The average molecular weight is 284 g/mol. The van der Waals surface area contributed by atoms with Gasteiger partial charge in [-0.05, 0) is 29.8 Å². The van der Waals surface area contributed by atoms with Gasteiger partial charge in [0.15, 0.2) is 0 Å². The van der Waals surface area contributed by atoms with E-state index in [1.54, 1.807) is 18.2 Å². The van der Waals surface area contributed by atoms with Crippen LogP contribution in [0.25, 0.3) is 6.08 Å². The first-order chi connectivity index (χ1) is 10.2. The molecule has 0 atom stereocenters. The Bertz CT molecular complexity index is 632. The predicted molar refractivity (Wildman–Crippen MR) is 80.4 cm³/mol.